The number of sulfonamides is 1. The molecule has 7 heteroatoms. The Morgan fingerprint density at radius 2 is 2.06 bits per heavy atom. The third-order valence-corrected chi connectivity index (χ3v) is 3.53. The SMILES string of the molecule is COC(=O)NS(=O)(=O)c1cc(Cl)ccc1C. The lowest BCUT2D eigenvalue weighted by molar-refractivity contribution is 0.177. The highest BCUT2D eigenvalue weighted by molar-refractivity contribution is 7.90. The molecular weight excluding hydrogens is 254 g/mol. The minimum atomic E-state index is -3.93. The Morgan fingerprint density at radius 1 is 1.44 bits per heavy atom. The van der Waals surface area contributed by atoms with E-state index in [0.29, 0.717) is 5.56 Å². The van der Waals surface area contributed by atoms with Crippen molar-refractivity contribution in [2.24, 2.45) is 0 Å². The summed E-state index contributed by atoms with van der Waals surface area (Å²) in [5, 5.41) is 0.274. The van der Waals surface area contributed by atoms with Gasteiger partial charge in [-0.2, -0.15) is 0 Å². The van der Waals surface area contributed by atoms with Crippen LogP contribution in [-0.2, 0) is 14.8 Å². The summed E-state index contributed by atoms with van der Waals surface area (Å²) in [5.41, 5.74) is 0.487. The largest absolute Gasteiger partial charge is 0.452 e. The highest BCUT2D eigenvalue weighted by Gasteiger charge is 2.20. The van der Waals surface area contributed by atoms with Crippen molar-refractivity contribution in [3.05, 3.63) is 28.8 Å². The van der Waals surface area contributed by atoms with Gasteiger partial charge in [0.05, 0.1) is 12.0 Å². The van der Waals surface area contributed by atoms with Gasteiger partial charge in [0.1, 0.15) is 0 Å². The topological polar surface area (TPSA) is 72.5 Å². The number of hydrogen-bond acceptors (Lipinski definition) is 4. The van der Waals surface area contributed by atoms with Crippen molar-refractivity contribution in [1.82, 2.24) is 4.72 Å². The number of hydrogen-bond donors (Lipinski definition) is 1. The number of benzene rings is 1. The first kappa shape index (κ1) is 12.8. The van der Waals surface area contributed by atoms with Crippen molar-refractivity contribution in [2.75, 3.05) is 7.11 Å². The number of methoxy groups -OCH3 is 1. The van der Waals surface area contributed by atoms with Gasteiger partial charge in [-0.25, -0.2) is 17.9 Å². The van der Waals surface area contributed by atoms with E-state index in [1.807, 2.05) is 0 Å². The summed E-state index contributed by atoms with van der Waals surface area (Å²) in [6, 6.07) is 4.38. The Labute approximate surface area is 98.4 Å². The number of carbonyl (C=O) groups is 1. The number of amides is 1. The van der Waals surface area contributed by atoms with Crippen LogP contribution in [0.15, 0.2) is 23.1 Å². The predicted octanol–water partition coefficient (Wildman–Crippen LogP) is 1.69. The monoisotopic (exact) mass is 263 g/mol. The molecular formula is C9H10ClNO4S. The molecule has 0 bridgehead atoms. The molecule has 0 saturated carbocycles. The van der Waals surface area contributed by atoms with Crippen LogP contribution in [0, 0.1) is 6.92 Å². The van der Waals surface area contributed by atoms with Crippen LogP contribution >= 0.6 is 11.6 Å². The minimum absolute atomic E-state index is 0.0506. The van der Waals surface area contributed by atoms with Crippen LogP contribution < -0.4 is 4.72 Å². The van der Waals surface area contributed by atoms with Crippen molar-refractivity contribution in [3.63, 3.8) is 0 Å². The van der Waals surface area contributed by atoms with E-state index in [4.69, 9.17) is 11.6 Å². The average molecular weight is 264 g/mol. The van der Waals surface area contributed by atoms with Gasteiger partial charge in [0.2, 0.25) is 0 Å². The van der Waals surface area contributed by atoms with E-state index in [1.54, 1.807) is 23.8 Å². The number of carbonyl (C=O) groups excluding carboxylic acids is 1. The second-order valence-corrected chi connectivity index (χ2v) is 5.09. The van der Waals surface area contributed by atoms with Gasteiger partial charge in [-0.15, -0.1) is 0 Å². The van der Waals surface area contributed by atoms with Crippen LogP contribution in [0.5, 0.6) is 0 Å². The van der Waals surface area contributed by atoms with Gasteiger partial charge >= 0.3 is 6.09 Å². The number of halogens is 1. The van der Waals surface area contributed by atoms with E-state index >= 15 is 0 Å². The van der Waals surface area contributed by atoms with Crippen molar-refractivity contribution in [2.45, 2.75) is 11.8 Å². The van der Waals surface area contributed by atoms with Crippen molar-refractivity contribution >= 4 is 27.7 Å². The fourth-order valence-corrected chi connectivity index (χ4v) is 2.49. The maximum atomic E-state index is 11.7. The molecule has 0 unspecified atom stereocenters. The fraction of sp³-hybridized carbons (Fsp3) is 0.222. The molecule has 1 aromatic carbocycles. The zero-order valence-corrected chi connectivity index (χ0v) is 10.2. The predicted molar refractivity (Wildman–Crippen MR) is 58.9 cm³/mol. The zero-order valence-electron chi connectivity index (χ0n) is 8.65. The quantitative estimate of drug-likeness (QED) is 0.881. The van der Waals surface area contributed by atoms with Crippen LogP contribution in [0.25, 0.3) is 0 Å². The highest BCUT2D eigenvalue weighted by Crippen LogP contribution is 2.19. The second kappa shape index (κ2) is 4.71. The number of nitrogens with one attached hydrogen (secondary N) is 1. The Hall–Kier alpha value is -1.27. The average Bonchev–Trinajstić information content (AvgIpc) is 2.20. The van der Waals surface area contributed by atoms with Crippen molar-refractivity contribution in [1.29, 1.82) is 0 Å². The smallest absolute Gasteiger partial charge is 0.420 e. The molecule has 0 radical (unpaired) electrons. The van der Waals surface area contributed by atoms with Crippen molar-refractivity contribution in [3.8, 4) is 0 Å². The standard InChI is InChI=1S/C9H10ClNO4S/c1-6-3-4-7(10)5-8(6)16(13,14)11-9(12)15-2/h3-5H,1-2H3,(H,11,12). The van der Waals surface area contributed by atoms with Crippen LogP contribution in [0.2, 0.25) is 5.02 Å². The molecule has 0 atom stereocenters. The normalized spacial score (nSPS) is 10.9. The summed E-state index contributed by atoms with van der Waals surface area (Å²) >= 11 is 5.68. The highest BCUT2D eigenvalue weighted by atomic mass is 35.5. The molecule has 0 spiro atoms. The lowest BCUT2D eigenvalue weighted by atomic mass is 10.2. The van der Waals surface area contributed by atoms with Gasteiger partial charge < -0.3 is 4.74 Å². The Balaban J connectivity index is 3.17. The first-order chi connectivity index (χ1) is 7.36. The summed E-state index contributed by atoms with van der Waals surface area (Å²) in [6.45, 7) is 1.60. The summed E-state index contributed by atoms with van der Waals surface area (Å²) in [7, 11) is -2.85. The minimum Gasteiger partial charge on any atom is -0.452 e. The Morgan fingerprint density at radius 3 is 2.62 bits per heavy atom. The molecule has 1 rings (SSSR count). The Bertz CT molecular complexity index is 512. The van der Waals surface area contributed by atoms with Gasteiger partial charge in [-0.3, -0.25) is 0 Å². The first-order valence-electron chi connectivity index (χ1n) is 4.24. The molecule has 0 aliphatic rings. The number of ether oxygens (including phenoxy) is 1. The van der Waals surface area contributed by atoms with E-state index < -0.39 is 16.1 Å². The molecule has 0 aromatic heterocycles. The van der Waals surface area contributed by atoms with Crippen LogP contribution in [0.4, 0.5) is 4.79 Å². The van der Waals surface area contributed by atoms with E-state index in [-0.39, 0.29) is 9.92 Å². The third-order valence-electron chi connectivity index (χ3n) is 1.84. The molecule has 16 heavy (non-hydrogen) atoms. The van der Waals surface area contributed by atoms with Crippen molar-refractivity contribution < 1.29 is 17.9 Å². The lowest BCUT2D eigenvalue weighted by Crippen LogP contribution is -2.30. The maximum Gasteiger partial charge on any atom is 0.420 e. The summed E-state index contributed by atoms with van der Waals surface area (Å²) in [5.74, 6) is 0. The zero-order chi connectivity index (χ0) is 12.3. The van der Waals surface area contributed by atoms with Gasteiger partial charge in [0.15, 0.2) is 0 Å². The van der Waals surface area contributed by atoms with Crippen LogP contribution in [0.1, 0.15) is 5.56 Å². The van der Waals surface area contributed by atoms with Crippen LogP contribution in [0.3, 0.4) is 0 Å². The third kappa shape index (κ3) is 2.86. The van der Waals surface area contributed by atoms with E-state index in [1.165, 1.54) is 6.07 Å². The maximum absolute atomic E-state index is 11.7. The molecule has 0 aliphatic heterocycles. The molecule has 1 aromatic rings. The molecule has 5 nitrogen and oxygen atoms in total. The molecule has 1 amide bonds. The summed E-state index contributed by atoms with van der Waals surface area (Å²) in [6.07, 6.45) is -1.04. The van der Waals surface area contributed by atoms with Gasteiger partial charge in [-0.05, 0) is 24.6 Å². The van der Waals surface area contributed by atoms with Gasteiger partial charge in [-0.1, -0.05) is 17.7 Å². The van der Waals surface area contributed by atoms with Gasteiger partial charge in [0.25, 0.3) is 10.0 Å². The fourth-order valence-electron chi connectivity index (χ4n) is 1.07. The first-order valence-corrected chi connectivity index (χ1v) is 6.10. The van der Waals surface area contributed by atoms with E-state index in [0.717, 1.165) is 7.11 Å². The second-order valence-electron chi connectivity index (χ2n) is 3.01. The lowest BCUT2D eigenvalue weighted by Gasteiger charge is -2.08. The molecule has 0 fully saturated rings. The van der Waals surface area contributed by atoms with E-state index in [9.17, 15) is 13.2 Å². The summed E-state index contributed by atoms with van der Waals surface area (Å²) < 4.78 is 29.4. The van der Waals surface area contributed by atoms with Crippen LogP contribution in [-0.4, -0.2) is 21.6 Å². The summed E-state index contributed by atoms with van der Waals surface area (Å²) in [4.78, 5) is 10.8. The molecule has 0 aliphatic carbocycles. The Kier molecular flexibility index (Phi) is 3.77. The molecule has 1 N–H and O–H groups in total. The molecule has 0 saturated heterocycles. The molecule has 88 valence electrons. The number of rotatable bonds is 2. The number of aryl methyl sites for hydroxylation is 1. The van der Waals surface area contributed by atoms with E-state index in [2.05, 4.69) is 4.74 Å². The molecule has 0 heterocycles. The van der Waals surface area contributed by atoms with Gasteiger partial charge in [0, 0.05) is 5.02 Å².